The number of benzene rings is 2. The van der Waals surface area contributed by atoms with Crippen molar-refractivity contribution in [2.24, 2.45) is 0 Å². The minimum absolute atomic E-state index is 0.183. The third kappa shape index (κ3) is 10.5. The van der Waals surface area contributed by atoms with Crippen LogP contribution in [0.25, 0.3) is 0 Å². The van der Waals surface area contributed by atoms with Crippen LogP contribution in [0.15, 0.2) is 60.7 Å². The largest absolute Gasteiger partial charge is 0.481 e. The van der Waals surface area contributed by atoms with Crippen LogP contribution in [0.5, 0.6) is 0 Å². The van der Waals surface area contributed by atoms with E-state index in [-0.39, 0.29) is 18.9 Å². The highest BCUT2D eigenvalue weighted by atomic mass is 16.7. The summed E-state index contributed by atoms with van der Waals surface area (Å²) < 4.78 is 24.2. The predicted molar refractivity (Wildman–Crippen MR) is 186 cm³/mol. The molecule has 10 nitrogen and oxygen atoms in total. The van der Waals surface area contributed by atoms with Crippen molar-refractivity contribution in [1.29, 1.82) is 0 Å². The molecule has 48 heavy (non-hydrogen) atoms. The van der Waals surface area contributed by atoms with E-state index in [1.807, 2.05) is 76.2 Å². The molecule has 0 aliphatic carbocycles. The Morgan fingerprint density at radius 1 is 0.896 bits per heavy atom. The van der Waals surface area contributed by atoms with E-state index in [9.17, 15) is 14.4 Å². The SMILES string of the molecule is CC(C)(C)OC(=O)N(CCc1ccccc1)[C@H](CC(=O)N1CCOCC1)C(=O)N[C@@H](CCCc1ccccc1)B1OC(C)(C)C(C)(C)O1. The van der Waals surface area contributed by atoms with Crippen molar-refractivity contribution in [3.63, 3.8) is 0 Å². The molecule has 1 N–H and O–H groups in total. The van der Waals surface area contributed by atoms with Gasteiger partial charge in [-0.2, -0.15) is 0 Å². The second-order valence-corrected chi connectivity index (χ2v) is 14.7. The van der Waals surface area contributed by atoms with Crippen LogP contribution in [0.3, 0.4) is 0 Å². The number of nitrogens with zero attached hydrogens (tertiary/aromatic N) is 2. The van der Waals surface area contributed by atoms with Gasteiger partial charge < -0.3 is 29.0 Å². The highest BCUT2D eigenvalue weighted by molar-refractivity contribution is 6.48. The highest BCUT2D eigenvalue weighted by Gasteiger charge is 2.54. The van der Waals surface area contributed by atoms with Crippen molar-refractivity contribution >= 4 is 25.0 Å². The normalized spacial score (nSPS) is 18.6. The number of hydrogen-bond donors (Lipinski definition) is 1. The van der Waals surface area contributed by atoms with Crippen LogP contribution >= 0.6 is 0 Å². The van der Waals surface area contributed by atoms with Crippen molar-refractivity contribution in [1.82, 2.24) is 15.1 Å². The fourth-order valence-corrected chi connectivity index (χ4v) is 5.82. The molecule has 0 unspecified atom stereocenters. The summed E-state index contributed by atoms with van der Waals surface area (Å²) >= 11 is 0. The molecule has 262 valence electrons. The van der Waals surface area contributed by atoms with Crippen LogP contribution in [0, 0.1) is 0 Å². The van der Waals surface area contributed by atoms with E-state index in [2.05, 4.69) is 17.4 Å². The standard InChI is InChI=1S/C37H54BN3O7/c1-35(2,3)46-34(44)41(22-21-29-17-12-9-13-18-29)30(27-32(42)40-23-25-45-26-24-40)33(43)39-31(20-14-19-28-15-10-8-11-16-28)38-47-36(4,5)37(6,7)48-38/h8-13,15-18,30-31H,14,19-27H2,1-7H3,(H,39,43)/t30-,31+/m1/s1. The van der Waals surface area contributed by atoms with Gasteiger partial charge in [-0.25, -0.2) is 4.79 Å². The van der Waals surface area contributed by atoms with E-state index in [4.69, 9.17) is 18.8 Å². The molecular formula is C37H54BN3O7. The van der Waals surface area contributed by atoms with Crippen molar-refractivity contribution in [2.75, 3.05) is 32.8 Å². The molecule has 2 fully saturated rings. The van der Waals surface area contributed by atoms with Gasteiger partial charge in [0.15, 0.2) is 0 Å². The van der Waals surface area contributed by atoms with Gasteiger partial charge in [-0.05, 0) is 85.3 Å². The molecule has 0 bridgehead atoms. The Labute approximate surface area is 287 Å². The van der Waals surface area contributed by atoms with Crippen LogP contribution < -0.4 is 5.32 Å². The molecule has 2 saturated heterocycles. The number of morpholine rings is 1. The van der Waals surface area contributed by atoms with Crippen LogP contribution in [-0.2, 0) is 41.2 Å². The number of aryl methyl sites for hydroxylation is 1. The zero-order valence-electron chi connectivity index (χ0n) is 29.8. The lowest BCUT2D eigenvalue weighted by Gasteiger charge is -2.35. The summed E-state index contributed by atoms with van der Waals surface area (Å²) in [6, 6.07) is 18.8. The van der Waals surface area contributed by atoms with Crippen LogP contribution in [0.4, 0.5) is 4.79 Å². The van der Waals surface area contributed by atoms with Gasteiger partial charge >= 0.3 is 13.2 Å². The topological polar surface area (TPSA) is 107 Å². The summed E-state index contributed by atoms with van der Waals surface area (Å²) in [5.74, 6) is -1.20. The molecule has 0 saturated carbocycles. The van der Waals surface area contributed by atoms with Crippen LogP contribution in [0.1, 0.15) is 78.9 Å². The smallest absolute Gasteiger partial charge is 0.444 e. The van der Waals surface area contributed by atoms with Crippen molar-refractivity contribution in [2.45, 2.75) is 109 Å². The maximum Gasteiger partial charge on any atom is 0.481 e. The van der Waals surface area contributed by atoms with Gasteiger partial charge in [0.2, 0.25) is 11.8 Å². The first-order chi connectivity index (χ1) is 22.6. The van der Waals surface area contributed by atoms with Gasteiger partial charge in [0.1, 0.15) is 11.6 Å². The quantitative estimate of drug-likeness (QED) is 0.293. The third-order valence-corrected chi connectivity index (χ3v) is 9.27. The second kappa shape index (κ2) is 16.3. The maximum absolute atomic E-state index is 14.5. The fourth-order valence-electron chi connectivity index (χ4n) is 5.82. The van der Waals surface area contributed by atoms with E-state index in [1.54, 1.807) is 25.7 Å². The number of carbonyl (C=O) groups is 3. The molecule has 2 aliphatic rings. The molecule has 2 atom stereocenters. The Bertz CT molecular complexity index is 1330. The lowest BCUT2D eigenvalue weighted by atomic mass is 9.75. The zero-order valence-corrected chi connectivity index (χ0v) is 29.8. The summed E-state index contributed by atoms with van der Waals surface area (Å²) in [5.41, 5.74) is 0.178. The molecule has 0 spiro atoms. The first-order valence-corrected chi connectivity index (χ1v) is 17.2. The zero-order chi connectivity index (χ0) is 35.0. The lowest BCUT2D eigenvalue weighted by Crippen LogP contribution is -2.58. The molecule has 2 heterocycles. The Morgan fingerprint density at radius 3 is 1.98 bits per heavy atom. The monoisotopic (exact) mass is 663 g/mol. The van der Waals surface area contributed by atoms with E-state index >= 15 is 0 Å². The number of ether oxygens (including phenoxy) is 2. The number of rotatable bonds is 13. The van der Waals surface area contributed by atoms with E-state index in [0.717, 1.165) is 18.4 Å². The number of carbonyl (C=O) groups excluding carboxylic acids is 3. The third-order valence-electron chi connectivity index (χ3n) is 9.27. The summed E-state index contributed by atoms with van der Waals surface area (Å²) in [5, 5.41) is 3.19. The van der Waals surface area contributed by atoms with Gasteiger partial charge in [0.25, 0.3) is 0 Å². The summed E-state index contributed by atoms with van der Waals surface area (Å²) in [6.07, 6.45) is 1.78. The molecule has 2 aliphatic heterocycles. The first-order valence-electron chi connectivity index (χ1n) is 17.2. The van der Waals surface area contributed by atoms with Gasteiger partial charge in [0, 0.05) is 19.6 Å². The van der Waals surface area contributed by atoms with Crippen molar-refractivity contribution in [3.8, 4) is 0 Å². The van der Waals surface area contributed by atoms with Gasteiger partial charge in [-0.1, -0.05) is 60.7 Å². The van der Waals surface area contributed by atoms with Gasteiger partial charge in [-0.3, -0.25) is 14.5 Å². The minimum Gasteiger partial charge on any atom is -0.444 e. The second-order valence-electron chi connectivity index (χ2n) is 14.7. The molecule has 2 aromatic rings. The first kappa shape index (κ1) is 37.4. The average Bonchev–Trinajstić information content (AvgIpc) is 3.26. The number of nitrogens with one attached hydrogen (secondary N) is 1. The van der Waals surface area contributed by atoms with Crippen LogP contribution in [-0.4, -0.2) is 96.5 Å². The molecule has 3 amide bonds. The molecule has 0 aromatic heterocycles. The summed E-state index contributed by atoms with van der Waals surface area (Å²) in [6.45, 7) is 15.2. The van der Waals surface area contributed by atoms with E-state index in [1.165, 1.54) is 10.5 Å². The number of amides is 3. The number of hydrogen-bond acceptors (Lipinski definition) is 7. The summed E-state index contributed by atoms with van der Waals surface area (Å²) in [7, 11) is -0.718. The van der Waals surface area contributed by atoms with Gasteiger partial charge in [-0.15, -0.1) is 0 Å². The lowest BCUT2D eigenvalue weighted by molar-refractivity contribution is -0.140. The molecule has 4 rings (SSSR count). The molecular weight excluding hydrogens is 609 g/mol. The Balaban J connectivity index is 1.63. The van der Waals surface area contributed by atoms with E-state index in [0.29, 0.717) is 39.1 Å². The van der Waals surface area contributed by atoms with E-state index < -0.39 is 47.9 Å². The van der Waals surface area contributed by atoms with Crippen LogP contribution in [0.2, 0.25) is 0 Å². The average molecular weight is 664 g/mol. The Hall–Kier alpha value is -3.41. The Morgan fingerprint density at radius 2 is 1.44 bits per heavy atom. The Kier molecular flexibility index (Phi) is 12.7. The minimum atomic E-state index is -1.13. The van der Waals surface area contributed by atoms with Crippen molar-refractivity contribution in [3.05, 3.63) is 71.8 Å². The summed E-state index contributed by atoms with van der Waals surface area (Å²) in [4.78, 5) is 45.2. The molecule has 2 aromatic carbocycles. The van der Waals surface area contributed by atoms with Gasteiger partial charge in [0.05, 0.1) is 36.8 Å². The molecule has 0 radical (unpaired) electrons. The van der Waals surface area contributed by atoms with Crippen molar-refractivity contribution < 1.29 is 33.2 Å². The molecule has 11 heteroatoms. The predicted octanol–water partition coefficient (Wildman–Crippen LogP) is 5.22. The maximum atomic E-state index is 14.5. The fraction of sp³-hybridized carbons (Fsp3) is 0.595. The highest BCUT2D eigenvalue weighted by Crippen LogP contribution is 2.38.